The minimum atomic E-state index is -1.13. The molecular formula is C15H12Cl2O3. The van der Waals surface area contributed by atoms with E-state index in [1.165, 1.54) is 6.07 Å². The minimum absolute atomic E-state index is 0.0536. The molecule has 0 aromatic heterocycles. The molecule has 2 aromatic rings. The van der Waals surface area contributed by atoms with Gasteiger partial charge in [-0.15, -0.1) is 0 Å². The van der Waals surface area contributed by atoms with Crippen LogP contribution in [0.25, 0.3) is 0 Å². The minimum Gasteiger partial charge on any atom is -0.478 e. The number of benzene rings is 2. The monoisotopic (exact) mass is 310 g/mol. The van der Waals surface area contributed by atoms with Gasteiger partial charge in [-0.2, -0.15) is 0 Å². The molecule has 0 aliphatic carbocycles. The van der Waals surface area contributed by atoms with Crippen LogP contribution >= 0.6 is 23.2 Å². The van der Waals surface area contributed by atoms with Crippen molar-refractivity contribution in [3.8, 4) is 11.5 Å². The summed E-state index contributed by atoms with van der Waals surface area (Å²) in [4.78, 5) is 11.2. The lowest BCUT2D eigenvalue weighted by atomic mass is 10.1. The maximum Gasteiger partial charge on any atom is 0.341 e. The first-order valence-corrected chi connectivity index (χ1v) is 6.76. The van der Waals surface area contributed by atoms with Crippen LogP contribution in [0.3, 0.4) is 0 Å². The average Bonchev–Trinajstić information content (AvgIpc) is 2.40. The van der Waals surface area contributed by atoms with Gasteiger partial charge in [0, 0.05) is 5.02 Å². The molecule has 3 nitrogen and oxygen atoms in total. The molecular weight excluding hydrogens is 299 g/mol. The van der Waals surface area contributed by atoms with Crippen LogP contribution in [0.4, 0.5) is 0 Å². The molecule has 0 fully saturated rings. The highest BCUT2D eigenvalue weighted by Crippen LogP contribution is 2.32. The summed E-state index contributed by atoms with van der Waals surface area (Å²) in [5.74, 6) is -0.402. The number of carboxylic acid groups (broad SMARTS) is 1. The molecule has 2 rings (SSSR count). The van der Waals surface area contributed by atoms with Crippen LogP contribution < -0.4 is 4.74 Å². The third-order valence-electron chi connectivity index (χ3n) is 2.82. The van der Waals surface area contributed by atoms with Gasteiger partial charge >= 0.3 is 5.97 Å². The van der Waals surface area contributed by atoms with Gasteiger partial charge in [0.1, 0.15) is 17.1 Å². The summed E-state index contributed by atoms with van der Waals surface area (Å²) in [6.45, 7) is 1.98. The van der Waals surface area contributed by atoms with Gasteiger partial charge in [-0.1, -0.05) is 36.2 Å². The smallest absolute Gasteiger partial charge is 0.341 e. The van der Waals surface area contributed by atoms with Gasteiger partial charge in [-0.05, 0) is 42.3 Å². The van der Waals surface area contributed by atoms with Gasteiger partial charge in [-0.3, -0.25) is 0 Å². The number of rotatable bonds is 4. The molecule has 0 aliphatic rings. The van der Waals surface area contributed by atoms with E-state index in [0.29, 0.717) is 10.8 Å². The number of carbonyl (C=O) groups is 1. The summed E-state index contributed by atoms with van der Waals surface area (Å²) in [6.07, 6.45) is 0.761. The van der Waals surface area contributed by atoms with E-state index in [1.807, 2.05) is 6.92 Å². The second-order valence-corrected chi connectivity index (χ2v) is 4.94. The van der Waals surface area contributed by atoms with Crippen molar-refractivity contribution < 1.29 is 14.6 Å². The lowest BCUT2D eigenvalue weighted by Crippen LogP contribution is -2.01. The fraction of sp³-hybridized carbons (Fsp3) is 0.133. The van der Waals surface area contributed by atoms with E-state index in [1.54, 1.807) is 30.3 Å². The lowest BCUT2D eigenvalue weighted by molar-refractivity contribution is 0.0694. The molecule has 0 amide bonds. The summed E-state index contributed by atoms with van der Waals surface area (Å²) in [5.41, 5.74) is 0.880. The van der Waals surface area contributed by atoms with Crippen molar-refractivity contribution in [3.63, 3.8) is 0 Å². The standard InChI is InChI=1S/C15H12Cl2O3/c1-2-9-8-10(6-7-11(9)16)20-13-5-3-4-12(17)14(13)15(18)19/h3-8H,2H2,1H3,(H,18,19). The summed E-state index contributed by atoms with van der Waals surface area (Å²) in [7, 11) is 0. The first-order valence-electron chi connectivity index (χ1n) is 6.01. The van der Waals surface area contributed by atoms with Crippen molar-refractivity contribution in [1.29, 1.82) is 0 Å². The molecule has 0 bridgehead atoms. The van der Waals surface area contributed by atoms with Gasteiger partial charge < -0.3 is 9.84 Å². The number of halogens is 2. The third-order valence-corrected chi connectivity index (χ3v) is 3.50. The number of aromatic carboxylic acids is 1. The van der Waals surface area contributed by atoms with Crippen LogP contribution in [0.15, 0.2) is 36.4 Å². The summed E-state index contributed by atoms with van der Waals surface area (Å²) >= 11 is 11.9. The average molecular weight is 311 g/mol. The summed E-state index contributed by atoms with van der Waals surface area (Å²) in [6, 6.07) is 9.91. The highest BCUT2D eigenvalue weighted by atomic mass is 35.5. The van der Waals surface area contributed by atoms with E-state index in [-0.39, 0.29) is 16.3 Å². The van der Waals surface area contributed by atoms with Gasteiger partial charge in [-0.25, -0.2) is 4.79 Å². The van der Waals surface area contributed by atoms with E-state index in [2.05, 4.69) is 0 Å². The van der Waals surface area contributed by atoms with Gasteiger partial charge in [0.15, 0.2) is 0 Å². The normalized spacial score (nSPS) is 10.3. The Hall–Kier alpha value is -1.71. The Bertz CT molecular complexity index is 654. The maximum atomic E-state index is 11.2. The second kappa shape index (κ2) is 6.16. The fourth-order valence-electron chi connectivity index (χ4n) is 1.81. The van der Waals surface area contributed by atoms with Gasteiger partial charge in [0.25, 0.3) is 0 Å². The third kappa shape index (κ3) is 3.06. The predicted molar refractivity (Wildman–Crippen MR) is 79.3 cm³/mol. The number of carboxylic acids is 1. The van der Waals surface area contributed by atoms with Crippen molar-refractivity contribution >= 4 is 29.2 Å². The highest BCUT2D eigenvalue weighted by molar-refractivity contribution is 6.34. The molecule has 1 N–H and O–H groups in total. The molecule has 0 heterocycles. The molecule has 0 spiro atoms. The quantitative estimate of drug-likeness (QED) is 0.859. The van der Waals surface area contributed by atoms with Crippen molar-refractivity contribution in [1.82, 2.24) is 0 Å². The SMILES string of the molecule is CCc1cc(Oc2cccc(Cl)c2C(=O)O)ccc1Cl. The van der Waals surface area contributed by atoms with Crippen molar-refractivity contribution in [2.24, 2.45) is 0 Å². The van der Waals surface area contributed by atoms with E-state index in [0.717, 1.165) is 12.0 Å². The fourth-order valence-corrected chi connectivity index (χ4v) is 2.31. The summed E-state index contributed by atoms with van der Waals surface area (Å²) < 4.78 is 5.63. The first kappa shape index (κ1) is 14.7. The van der Waals surface area contributed by atoms with E-state index in [9.17, 15) is 9.90 Å². The van der Waals surface area contributed by atoms with Gasteiger partial charge in [0.05, 0.1) is 5.02 Å². The Labute approximate surface area is 126 Å². The molecule has 5 heteroatoms. The van der Waals surface area contributed by atoms with Crippen LogP contribution in [0.1, 0.15) is 22.8 Å². The maximum absolute atomic E-state index is 11.2. The summed E-state index contributed by atoms with van der Waals surface area (Å²) in [5, 5.41) is 9.98. The number of hydrogen-bond acceptors (Lipinski definition) is 2. The molecule has 0 radical (unpaired) electrons. The molecule has 104 valence electrons. The van der Waals surface area contributed by atoms with Gasteiger partial charge in [0.2, 0.25) is 0 Å². The second-order valence-electron chi connectivity index (χ2n) is 4.13. The Balaban J connectivity index is 2.40. The zero-order valence-electron chi connectivity index (χ0n) is 10.7. The first-order chi connectivity index (χ1) is 9.52. The molecule has 0 saturated heterocycles. The largest absolute Gasteiger partial charge is 0.478 e. The zero-order chi connectivity index (χ0) is 14.7. The van der Waals surface area contributed by atoms with Crippen LogP contribution in [0, 0.1) is 0 Å². The van der Waals surface area contributed by atoms with Crippen molar-refractivity contribution in [2.45, 2.75) is 13.3 Å². The topological polar surface area (TPSA) is 46.5 Å². The highest BCUT2D eigenvalue weighted by Gasteiger charge is 2.16. The zero-order valence-corrected chi connectivity index (χ0v) is 12.2. The lowest BCUT2D eigenvalue weighted by Gasteiger charge is -2.11. The number of aryl methyl sites for hydroxylation is 1. The predicted octanol–water partition coefficient (Wildman–Crippen LogP) is 5.05. The van der Waals surface area contributed by atoms with Crippen LogP contribution in [-0.4, -0.2) is 11.1 Å². The van der Waals surface area contributed by atoms with E-state index < -0.39 is 5.97 Å². The number of ether oxygens (including phenoxy) is 1. The van der Waals surface area contributed by atoms with Crippen LogP contribution in [-0.2, 0) is 6.42 Å². The molecule has 20 heavy (non-hydrogen) atoms. The Kier molecular flexibility index (Phi) is 4.53. The molecule has 0 atom stereocenters. The Morgan fingerprint density at radius 1 is 1.20 bits per heavy atom. The molecule has 0 saturated carbocycles. The number of hydrogen-bond donors (Lipinski definition) is 1. The van der Waals surface area contributed by atoms with E-state index in [4.69, 9.17) is 27.9 Å². The van der Waals surface area contributed by atoms with Crippen LogP contribution in [0.5, 0.6) is 11.5 Å². The van der Waals surface area contributed by atoms with E-state index >= 15 is 0 Å². The van der Waals surface area contributed by atoms with Crippen molar-refractivity contribution in [3.05, 3.63) is 57.6 Å². The van der Waals surface area contributed by atoms with Crippen LogP contribution in [0.2, 0.25) is 10.0 Å². The Morgan fingerprint density at radius 3 is 2.60 bits per heavy atom. The van der Waals surface area contributed by atoms with Crippen molar-refractivity contribution in [2.75, 3.05) is 0 Å². The Morgan fingerprint density at radius 2 is 1.95 bits per heavy atom. The molecule has 0 unspecified atom stereocenters. The molecule has 0 aliphatic heterocycles. The molecule has 2 aromatic carbocycles.